The Labute approximate surface area is 148 Å². The fraction of sp³-hybridized carbons (Fsp3) is 0.238. The molecule has 130 valence electrons. The maximum Gasteiger partial charge on any atom is 0.253 e. The van der Waals surface area contributed by atoms with Crippen molar-refractivity contribution in [1.29, 1.82) is 0 Å². The Bertz CT molecular complexity index is 774. The molecule has 2 aromatic carbocycles. The number of ketones is 1. The Morgan fingerprint density at radius 1 is 0.960 bits per heavy atom. The minimum absolute atomic E-state index is 0.0621. The molecule has 0 aliphatic rings. The van der Waals surface area contributed by atoms with Gasteiger partial charge in [-0.15, -0.1) is 0 Å². The third-order valence-electron chi connectivity index (χ3n) is 3.52. The van der Waals surface area contributed by atoms with Crippen molar-refractivity contribution >= 4 is 17.8 Å². The average molecular weight is 337 g/mol. The lowest BCUT2D eigenvalue weighted by atomic mass is 10.1. The monoisotopic (exact) mass is 337 g/mol. The summed E-state index contributed by atoms with van der Waals surface area (Å²) in [6.07, 6.45) is 3.33. The van der Waals surface area contributed by atoms with Crippen LogP contribution in [-0.4, -0.2) is 36.8 Å². The zero-order valence-corrected chi connectivity index (χ0v) is 15.0. The van der Waals surface area contributed by atoms with E-state index in [1.54, 1.807) is 44.4 Å². The molecule has 0 radical (unpaired) electrons. The van der Waals surface area contributed by atoms with E-state index in [9.17, 15) is 9.59 Å². The first kappa shape index (κ1) is 18.5. The van der Waals surface area contributed by atoms with E-state index in [0.29, 0.717) is 11.1 Å². The van der Waals surface area contributed by atoms with Gasteiger partial charge in [0.15, 0.2) is 5.78 Å². The third kappa shape index (κ3) is 5.05. The van der Waals surface area contributed by atoms with Crippen LogP contribution >= 0.6 is 0 Å². The summed E-state index contributed by atoms with van der Waals surface area (Å²) in [4.78, 5) is 25.7. The second kappa shape index (κ2) is 8.29. The van der Waals surface area contributed by atoms with Crippen molar-refractivity contribution in [3.63, 3.8) is 0 Å². The minimum Gasteiger partial charge on any atom is -0.490 e. The van der Waals surface area contributed by atoms with E-state index in [-0.39, 0.29) is 17.8 Å². The standard InChI is InChI=1S/C21H23NO3/c1-15(2)25-20-8-6-5-7-17(20)13-14-19(23)16-9-11-18(12-10-16)21(24)22(3)4/h5-15H,1-4H3. The largest absolute Gasteiger partial charge is 0.490 e. The van der Waals surface area contributed by atoms with Gasteiger partial charge in [-0.2, -0.15) is 0 Å². The van der Waals surface area contributed by atoms with E-state index in [0.717, 1.165) is 11.3 Å². The topological polar surface area (TPSA) is 46.6 Å². The SMILES string of the molecule is CC(C)Oc1ccccc1C=CC(=O)c1ccc(C(=O)N(C)C)cc1. The molecule has 0 heterocycles. The van der Waals surface area contributed by atoms with Gasteiger partial charge in [-0.3, -0.25) is 9.59 Å². The van der Waals surface area contributed by atoms with Crippen LogP contribution in [0.3, 0.4) is 0 Å². The molecule has 4 nitrogen and oxygen atoms in total. The molecule has 1 amide bonds. The summed E-state index contributed by atoms with van der Waals surface area (Å²) in [5.41, 5.74) is 1.94. The third-order valence-corrected chi connectivity index (χ3v) is 3.52. The van der Waals surface area contributed by atoms with E-state index in [2.05, 4.69) is 0 Å². The van der Waals surface area contributed by atoms with Gasteiger partial charge in [0, 0.05) is 30.8 Å². The molecule has 0 fully saturated rings. The molecule has 0 spiro atoms. The summed E-state index contributed by atoms with van der Waals surface area (Å²) in [6, 6.07) is 14.3. The Hall–Kier alpha value is -2.88. The Morgan fingerprint density at radius 3 is 2.16 bits per heavy atom. The zero-order chi connectivity index (χ0) is 18.4. The molecule has 0 bridgehead atoms. The number of carbonyl (C=O) groups excluding carboxylic acids is 2. The van der Waals surface area contributed by atoms with Crippen LogP contribution in [0.5, 0.6) is 5.75 Å². The lowest BCUT2D eigenvalue weighted by molar-refractivity contribution is 0.0827. The van der Waals surface area contributed by atoms with Crippen molar-refractivity contribution < 1.29 is 14.3 Å². The molecule has 0 aliphatic heterocycles. The predicted octanol–water partition coefficient (Wildman–Crippen LogP) is 4.07. The molecule has 0 aromatic heterocycles. The molecule has 4 heteroatoms. The number of amides is 1. The van der Waals surface area contributed by atoms with Gasteiger partial charge in [-0.1, -0.05) is 30.3 Å². The molecule has 2 rings (SSSR count). The number of hydrogen-bond acceptors (Lipinski definition) is 3. The first-order valence-corrected chi connectivity index (χ1v) is 8.18. The Balaban J connectivity index is 2.14. The van der Waals surface area contributed by atoms with Gasteiger partial charge in [-0.05, 0) is 44.2 Å². The Morgan fingerprint density at radius 2 is 1.56 bits per heavy atom. The molecule has 0 saturated heterocycles. The second-order valence-electron chi connectivity index (χ2n) is 6.18. The van der Waals surface area contributed by atoms with Crippen molar-refractivity contribution in [2.24, 2.45) is 0 Å². The molecule has 2 aromatic rings. The fourth-order valence-corrected chi connectivity index (χ4v) is 2.28. The van der Waals surface area contributed by atoms with Crippen LogP contribution in [0.15, 0.2) is 54.6 Å². The molecular formula is C21H23NO3. The van der Waals surface area contributed by atoms with E-state index in [1.165, 1.54) is 11.0 Å². The van der Waals surface area contributed by atoms with Gasteiger partial charge in [0.05, 0.1) is 6.10 Å². The summed E-state index contributed by atoms with van der Waals surface area (Å²) < 4.78 is 5.74. The molecule has 0 N–H and O–H groups in total. The van der Waals surface area contributed by atoms with Gasteiger partial charge in [0.1, 0.15) is 5.75 Å². The van der Waals surface area contributed by atoms with Gasteiger partial charge in [0.2, 0.25) is 0 Å². The number of allylic oxidation sites excluding steroid dienone is 1. The maximum atomic E-state index is 12.3. The quantitative estimate of drug-likeness (QED) is 0.589. The lowest BCUT2D eigenvalue weighted by Crippen LogP contribution is -2.21. The van der Waals surface area contributed by atoms with Gasteiger partial charge in [0.25, 0.3) is 5.91 Å². The summed E-state index contributed by atoms with van der Waals surface area (Å²) in [5.74, 6) is 0.533. The first-order valence-electron chi connectivity index (χ1n) is 8.18. The molecule has 0 aliphatic carbocycles. The normalized spacial score (nSPS) is 10.9. The highest BCUT2D eigenvalue weighted by atomic mass is 16.5. The summed E-state index contributed by atoms with van der Waals surface area (Å²) >= 11 is 0. The lowest BCUT2D eigenvalue weighted by Gasteiger charge is -2.12. The summed E-state index contributed by atoms with van der Waals surface area (Å²) in [5, 5.41) is 0. The van der Waals surface area contributed by atoms with Crippen LogP contribution < -0.4 is 4.74 Å². The Kier molecular flexibility index (Phi) is 6.12. The van der Waals surface area contributed by atoms with Crippen LogP contribution in [0.4, 0.5) is 0 Å². The highest BCUT2D eigenvalue weighted by Crippen LogP contribution is 2.21. The van der Waals surface area contributed by atoms with Crippen molar-refractivity contribution in [3.05, 3.63) is 71.3 Å². The molecule has 0 unspecified atom stereocenters. The fourth-order valence-electron chi connectivity index (χ4n) is 2.28. The van der Waals surface area contributed by atoms with E-state index in [1.807, 2.05) is 38.1 Å². The van der Waals surface area contributed by atoms with Crippen LogP contribution in [0.2, 0.25) is 0 Å². The number of ether oxygens (including phenoxy) is 1. The van der Waals surface area contributed by atoms with Crippen molar-refractivity contribution in [1.82, 2.24) is 4.90 Å². The predicted molar refractivity (Wildman–Crippen MR) is 100 cm³/mol. The van der Waals surface area contributed by atoms with Crippen molar-refractivity contribution in [2.75, 3.05) is 14.1 Å². The molecular weight excluding hydrogens is 314 g/mol. The van der Waals surface area contributed by atoms with Crippen LogP contribution in [-0.2, 0) is 0 Å². The van der Waals surface area contributed by atoms with E-state index >= 15 is 0 Å². The number of rotatable bonds is 6. The number of carbonyl (C=O) groups is 2. The minimum atomic E-state index is -0.122. The van der Waals surface area contributed by atoms with Crippen LogP contribution in [0, 0.1) is 0 Å². The molecule has 25 heavy (non-hydrogen) atoms. The van der Waals surface area contributed by atoms with Gasteiger partial charge in [-0.25, -0.2) is 0 Å². The summed E-state index contributed by atoms with van der Waals surface area (Å²) in [6.45, 7) is 3.92. The van der Waals surface area contributed by atoms with E-state index < -0.39 is 0 Å². The van der Waals surface area contributed by atoms with E-state index in [4.69, 9.17) is 4.74 Å². The van der Waals surface area contributed by atoms with Crippen molar-refractivity contribution in [2.45, 2.75) is 20.0 Å². The maximum absolute atomic E-state index is 12.3. The zero-order valence-electron chi connectivity index (χ0n) is 15.0. The first-order chi connectivity index (χ1) is 11.9. The summed E-state index contributed by atoms with van der Waals surface area (Å²) in [7, 11) is 3.39. The van der Waals surface area contributed by atoms with Gasteiger partial charge < -0.3 is 9.64 Å². The van der Waals surface area contributed by atoms with Crippen molar-refractivity contribution in [3.8, 4) is 5.75 Å². The second-order valence-corrected chi connectivity index (χ2v) is 6.18. The smallest absolute Gasteiger partial charge is 0.253 e. The number of para-hydroxylation sites is 1. The average Bonchev–Trinajstić information content (AvgIpc) is 2.59. The number of nitrogens with zero attached hydrogens (tertiary/aromatic N) is 1. The van der Waals surface area contributed by atoms with Crippen LogP contribution in [0.1, 0.15) is 40.1 Å². The van der Waals surface area contributed by atoms with Crippen LogP contribution in [0.25, 0.3) is 6.08 Å². The number of hydrogen-bond donors (Lipinski definition) is 0. The molecule has 0 saturated carbocycles. The molecule has 0 atom stereocenters. The number of benzene rings is 2. The highest BCUT2D eigenvalue weighted by molar-refractivity contribution is 6.07. The highest BCUT2D eigenvalue weighted by Gasteiger charge is 2.09. The van der Waals surface area contributed by atoms with Gasteiger partial charge >= 0.3 is 0 Å².